The average molecular weight is 465 g/mol. The Labute approximate surface area is 197 Å². The van der Waals surface area contributed by atoms with E-state index in [0.29, 0.717) is 12.8 Å². The van der Waals surface area contributed by atoms with Gasteiger partial charge in [-0.15, -0.1) is 0 Å². The molecule has 0 bridgehead atoms. The topological polar surface area (TPSA) is 116 Å². The summed E-state index contributed by atoms with van der Waals surface area (Å²) in [4.78, 5) is 37.5. The van der Waals surface area contributed by atoms with Crippen molar-refractivity contribution in [2.24, 2.45) is 5.92 Å². The number of aliphatic hydroxyl groups is 1. The highest BCUT2D eigenvalue weighted by atomic mass is 16.5. The maximum atomic E-state index is 12.5. The predicted molar refractivity (Wildman–Crippen MR) is 123 cm³/mol. The zero-order valence-electron chi connectivity index (χ0n) is 18.7. The van der Waals surface area contributed by atoms with Crippen molar-refractivity contribution >= 4 is 18.0 Å². The fourth-order valence-electron chi connectivity index (χ4n) is 5.51. The lowest BCUT2D eigenvalue weighted by atomic mass is 9.78. The van der Waals surface area contributed by atoms with E-state index in [0.717, 1.165) is 11.1 Å². The molecule has 2 amide bonds. The lowest BCUT2D eigenvalue weighted by Gasteiger charge is -2.36. The molecule has 2 aromatic rings. The molecule has 3 aliphatic rings. The molecule has 1 saturated carbocycles. The largest absolute Gasteiger partial charge is 0.480 e. The van der Waals surface area contributed by atoms with E-state index in [9.17, 15) is 24.6 Å². The van der Waals surface area contributed by atoms with Crippen LogP contribution in [0.3, 0.4) is 0 Å². The monoisotopic (exact) mass is 464 g/mol. The van der Waals surface area contributed by atoms with Crippen LogP contribution in [0.2, 0.25) is 0 Å². The van der Waals surface area contributed by atoms with Crippen LogP contribution in [0.4, 0.5) is 4.79 Å². The van der Waals surface area contributed by atoms with Crippen molar-refractivity contribution in [3.63, 3.8) is 0 Å². The fraction of sp³-hybridized carbons (Fsp3) is 0.423. The number of benzene rings is 2. The van der Waals surface area contributed by atoms with E-state index in [1.807, 2.05) is 24.3 Å². The molecular formula is C26H28N2O6. The van der Waals surface area contributed by atoms with E-state index in [1.54, 1.807) is 0 Å². The second kappa shape index (κ2) is 9.10. The van der Waals surface area contributed by atoms with Gasteiger partial charge in [-0.3, -0.25) is 4.79 Å². The van der Waals surface area contributed by atoms with Crippen LogP contribution in [0.1, 0.15) is 42.7 Å². The number of alkyl carbamates (subject to hydrolysis) is 1. The number of likely N-dealkylation sites (tertiary alicyclic amines) is 1. The minimum atomic E-state index is -1.09. The first-order valence-corrected chi connectivity index (χ1v) is 11.7. The van der Waals surface area contributed by atoms with Gasteiger partial charge < -0.3 is 25.2 Å². The first-order chi connectivity index (χ1) is 16.4. The zero-order chi connectivity index (χ0) is 23.8. The summed E-state index contributed by atoms with van der Waals surface area (Å²) in [5.41, 5.74) is 4.67. The van der Waals surface area contributed by atoms with Crippen molar-refractivity contribution in [2.75, 3.05) is 13.2 Å². The summed E-state index contributed by atoms with van der Waals surface area (Å²) < 4.78 is 5.58. The van der Waals surface area contributed by atoms with Gasteiger partial charge in [-0.2, -0.15) is 0 Å². The highest BCUT2D eigenvalue weighted by Gasteiger charge is 2.41. The first kappa shape index (κ1) is 22.4. The van der Waals surface area contributed by atoms with Crippen molar-refractivity contribution in [3.8, 4) is 11.1 Å². The van der Waals surface area contributed by atoms with E-state index in [-0.39, 0.29) is 49.8 Å². The number of rotatable bonds is 6. The van der Waals surface area contributed by atoms with E-state index >= 15 is 0 Å². The smallest absolute Gasteiger partial charge is 0.407 e. The third kappa shape index (κ3) is 4.25. The lowest BCUT2D eigenvalue weighted by molar-refractivity contribution is -0.148. The number of nitrogens with one attached hydrogen (secondary N) is 1. The van der Waals surface area contributed by atoms with Gasteiger partial charge in [0.2, 0.25) is 5.91 Å². The summed E-state index contributed by atoms with van der Waals surface area (Å²) in [6.07, 6.45) is 0.310. The van der Waals surface area contributed by atoms with Gasteiger partial charge >= 0.3 is 12.1 Å². The summed E-state index contributed by atoms with van der Waals surface area (Å²) in [6.45, 7) is 0.312. The van der Waals surface area contributed by atoms with E-state index in [2.05, 4.69) is 29.6 Å². The number of fused-ring (bicyclic) bond motifs is 3. The van der Waals surface area contributed by atoms with Gasteiger partial charge in [0.25, 0.3) is 0 Å². The SMILES string of the molecule is O=C(NC1CC(CC(=O)N2C[C@H](O)C[C@H]2C(=O)O)C1)OCC1c2ccccc2-c2ccccc21. The Hall–Kier alpha value is -3.39. The molecule has 0 radical (unpaired) electrons. The molecule has 0 unspecified atom stereocenters. The van der Waals surface area contributed by atoms with Crippen LogP contribution < -0.4 is 5.32 Å². The third-order valence-electron chi connectivity index (χ3n) is 7.25. The summed E-state index contributed by atoms with van der Waals surface area (Å²) in [7, 11) is 0. The molecule has 2 fully saturated rings. The third-order valence-corrected chi connectivity index (χ3v) is 7.25. The normalized spacial score (nSPS) is 25.3. The van der Waals surface area contributed by atoms with Crippen LogP contribution in [-0.2, 0) is 14.3 Å². The number of amides is 2. The van der Waals surface area contributed by atoms with Gasteiger partial charge in [0.05, 0.1) is 6.10 Å². The van der Waals surface area contributed by atoms with Crippen LogP contribution in [0, 0.1) is 5.92 Å². The van der Waals surface area contributed by atoms with E-state index in [1.165, 1.54) is 16.0 Å². The average Bonchev–Trinajstić information content (AvgIpc) is 3.34. The van der Waals surface area contributed by atoms with Crippen molar-refractivity contribution in [1.82, 2.24) is 10.2 Å². The molecule has 1 heterocycles. The molecule has 1 saturated heterocycles. The van der Waals surface area contributed by atoms with Gasteiger partial charge in [-0.05, 0) is 41.0 Å². The Morgan fingerprint density at radius 3 is 2.21 bits per heavy atom. The number of carboxylic acids is 1. The lowest BCUT2D eigenvalue weighted by Crippen LogP contribution is -2.47. The molecule has 5 rings (SSSR count). The maximum Gasteiger partial charge on any atom is 0.407 e. The number of nitrogens with zero attached hydrogens (tertiary/aromatic N) is 1. The van der Waals surface area contributed by atoms with Crippen LogP contribution >= 0.6 is 0 Å². The highest BCUT2D eigenvalue weighted by molar-refractivity contribution is 5.84. The van der Waals surface area contributed by atoms with E-state index in [4.69, 9.17) is 4.74 Å². The number of carbonyl (C=O) groups is 3. The molecule has 8 heteroatoms. The maximum absolute atomic E-state index is 12.5. The van der Waals surface area contributed by atoms with Crippen LogP contribution in [0.25, 0.3) is 11.1 Å². The van der Waals surface area contributed by atoms with Gasteiger partial charge in [0.15, 0.2) is 0 Å². The number of aliphatic hydroxyl groups excluding tert-OH is 1. The predicted octanol–water partition coefficient (Wildman–Crippen LogP) is 2.74. The van der Waals surface area contributed by atoms with Crippen molar-refractivity contribution in [1.29, 1.82) is 0 Å². The molecule has 34 heavy (non-hydrogen) atoms. The molecule has 2 aliphatic carbocycles. The molecule has 0 aromatic heterocycles. The number of β-amino-alcohol motifs (C(OH)–C–C–N with tert-alkyl or cyclic N) is 1. The molecule has 2 atom stereocenters. The van der Waals surface area contributed by atoms with Crippen molar-refractivity contribution in [2.45, 2.75) is 49.8 Å². The molecule has 8 nitrogen and oxygen atoms in total. The molecule has 178 valence electrons. The Morgan fingerprint density at radius 2 is 1.59 bits per heavy atom. The van der Waals surface area contributed by atoms with Gasteiger partial charge in [-0.1, -0.05) is 48.5 Å². The fourth-order valence-corrected chi connectivity index (χ4v) is 5.51. The minimum Gasteiger partial charge on any atom is -0.480 e. The quantitative estimate of drug-likeness (QED) is 0.605. The molecule has 0 spiro atoms. The Kier molecular flexibility index (Phi) is 6.00. The van der Waals surface area contributed by atoms with Gasteiger partial charge in [-0.25, -0.2) is 9.59 Å². The Bertz CT molecular complexity index is 1070. The summed E-state index contributed by atoms with van der Waals surface area (Å²) in [5.74, 6) is -1.26. The number of ether oxygens (including phenoxy) is 1. The molecule has 1 aliphatic heterocycles. The summed E-state index contributed by atoms with van der Waals surface area (Å²) in [6, 6.07) is 15.3. The van der Waals surface area contributed by atoms with Crippen LogP contribution in [0.15, 0.2) is 48.5 Å². The van der Waals surface area contributed by atoms with Crippen molar-refractivity contribution in [3.05, 3.63) is 59.7 Å². The number of hydrogen-bond donors (Lipinski definition) is 3. The highest BCUT2D eigenvalue weighted by Crippen LogP contribution is 2.44. The zero-order valence-corrected chi connectivity index (χ0v) is 18.7. The second-order valence-corrected chi connectivity index (χ2v) is 9.50. The number of carboxylic acid groups (broad SMARTS) is 1. The van der Waals surface area contributed by atoms with Crippen LogP contribution in [0.5, 0.6) is 0 Å². The van der Waals surface area contributed by atoms with Gasteiger partial charge in [0.1, 0.15) is 12.6 Å². The standard InChI is InChI=1S/C26H28N2O6/c29-17-12-23(25(31)32)28(13-17)24(30)11-15-9-16(10-15)27-26(33)34-14-22-20-7-3-1-5-18(20)19-6-2-4-8-21(19)22/h1-8,15-17,22-23,29H,9-14H2,(H,27,33)(H,31,32)/t15?,16?,17-,23+/m1/s1. The summed E-state index contributed by atoms with van der Waals surface area (Å²) >= 11 is 0. The first-order valence-electron chi connectivity index (χ1n) is 11.7. The Balaban J connectivity index is 1.09. The van der Waals surface area contributed by atoms with Crippen molar-refractivity contribution < 1.29 is 29.3 Å². The second-order valence-electron chi connectivity index (χ2n) is 9.50. The number of aliphatic carboxylic acids is 1. The molecular weight excluding hydrogens is 436 g/mol. The number of carbonyl (C=O) groups excluding carboxylic acids is 2. The van der Waals surface area contributed by atoms with Gasteiger partial charge in [0, 0.05) is 31.3 Å². The van der Waals surface area contributed by atoms with E-state index < -0.39 is 24.2 Å². The minimum absolute atomic E-state index is 0.00269. The molecule has 3 N–H and O–H groups in total. The molecule has 2 aromatic carbocycles. The summed E-state index contributed by atoms with van der Waals surface area (Å²) in [5, 5.41) is 21.9. The van der Waals surface area contributed by atoms with Crippen LogP contribution in [-0.4, -0.2) is 64.4 Å². The number of hydrogen-bond acceptors (Lipinski definition) is 5. The Morgan fingerprint density at radius 1 is 0.971 bits per heavy atom.